The molecule has 0 spiro atoms. The van der Waals surface area contributed by atoms with Gasteiger partial charge in [-0.15, -0.1) is 6.58 Å². The third-order valence-corrected chi connectivity index (χ3v) is 6.79. The van der Waals surface area contributed by atoms with E-state index in [0.717, 1.165) is 38.5 Å². The molecule has 0 aliphatic heterocycles. The van der Waals surface area contributed by atoms with Gasteiger partial charge in [-0.2, -0.15) is 4.39 Å². The molecule has 0 bridgehead atoms. The Labute approximate surface area is 195 Å². The minimum Gasteiger partial charge on any atom is -0.490 e. The number of hydrogen-bond donors (Lipinski definition) is 1. The van der Waals surface area contributed by atoms with E-state index < -0.39 is 17.7 Å². The van der Waals surface area contributed by atoms with Gasteiger partial charge in [-0.1, -0.05) is 37.6 Å². The van der Waals surface area contributed by atoms with Crippen molar-refractivity contribution in [2.75, 3.05) is 6.61 Å². The van der Waals surface area contributed by atoms with E-state index in [9.17, 15) is 18.3 Å². The average Bonchev–Trinajstić information content (AvgIpc) is 2.82. The summed E-state index contributed by atoms with van der Waals surface area (Å²) in [7, 11) is 0. The number of rotatable bonds is 11. The highest BCUT2D eigenvalue weighted by Crippen LogP contribution is 2.40. The lowest BCUT2D eigenvalue weighted by molar-refractivity contribution is 0.166. The second kappa shape index (κ2) is 12.3. The summed E-state index contributed by atoms with van der Waals surface area (Å²) in [5.74, 6) is -1.59. The molecule has 0 heterocycles. The zero-order valence-electron chi connectivity index (χ0n) is 19.5. The third-order valence-electron chi connectivity index (χ3n) is 6.79. The van der Waals surface area contributed by atoms with E-state index in [2.05, 4.69) is 6.58 Å². The van der Waals surface area contributed by atoms with Gasteiger partial charge in [0.05, 0.1) is 12.7 Å². The van der Waals surface area contributed by atoms with Crippen LogP contribution in [0.3, 0.4) is 0 Å². The Kier molecular flexibility index (Phi) is 9.42. The maximum atomic E-state index is 14.7. The predicted molar refractivity (Wildman–Crippen MR) is 126 cm³/mol. The molecule has 33 heavy (non-hydrogen) atoms. The third kappa shape index (κ3) is 6.63. The zero-order valence-corrected chi connectivity index (χ0v) is 19.5. The molecule has 1 atom stereocenters. The normalized spacial score (nSPS) is 19.3. The van der Waals surface area contributed by atoms with Crippen LogP contribution in [0.5, 0.6) is 5.75 Å². The van der Waals surface area contributed by atoms with Crippen molar-refractivity contribution < 1.29 is 23.0 Å². The van der Waals surface area contributed by atoms with E-state index >= 15 is 0 Å². The quantitative estimate of drug-likeness (QED) is 0.274. The highest BCUT2D eigenvalue weighted by molar-refractivity contribution is 5.33. The molecule has 1 saturated carbocycles. The van der Waals surface area contributed by atoms with Crippen LogP contribution < -0.4 is 4.74 Å². The Bertz CT molecular complexity index is 920. The van der Waals surface area contributed by atoms with Crippen molar-refractivity contribution in [3.63, 3.8) is 0 Å². The maximum Gasteiger partial charge on any atom is 0.200 e. The molecule has 3 rings (SSSR count). The van der Waals surface area contributed by atoms with E-state index in [1.165, 1.54) is 12.1 Å². The van der Waals surface area contributed by atoms with Gasteiger partial charge < -0.3 is 9.84 Å². The van der Waals surface area contributed by atoms with Crippen molar-refractivity contribution in [1.82, 2.24) is 0 Å². The molecular weight excluding hydrogens is 425 g/mol. The summed E-state index contributed by atoms with van der Waals surface area (Å²) in [5, 5.41) is 10.1. The van der Waals surface area contributed by atoms with Crippen LogP contribution in [-0.4, -0.2) is 11.7 Å². The lowest BCUT2D eigenvalue weighted by Crippen LogP contribution is -2.16. The molecule has 1 aliphatic carbocycles. The van der Waals surface area contributed by atoms with Crippen LogP contribution in [0.25, 0.3) is 0 Å². The van der Waals surface area contributed by atoms with Gasteiger partial charge in [-0.25, -0.2) is 8.78 Å². The smallest absolute Gasteiger partial charge is 0.200 e. The van der Waals surface area contributed by atoms with Gasteiger partial charge in [0.15, 0.2) is 11.6 Å². The van der Waals surface area contributed by atoms with Gasteiger partial charge in [0, 0.05) is 0 Å². The second-order valence-corrected chi connectivity index (χ2v) is 9.12. The Balaban J connectivity index is 1.52. The summed E-state index contributed by atoms with van der Waals surface area (Å²) in [6.07, 6.45) is 8.02. The van der Waals surface area contributed by atoms with Gasteiger partial charge in [0.2, 0.25) is 5.82 Å². The van der Waals surface area contributed by atoms with E-state index in [0.29, 0.717) is 41.9 Å². The summed E-state index contributed by atoms with van der Waals surface area (Å²) in [4.78, 5) is 0. The van der Waals surface area contributed by atoms with Crippen molar-refractivity contribution in [3.05, 3.63) is 77.1 Å². The van der Waals surface area contributed by atoms with Crippen LogP contribution in [0.4, 0.5) is 13.2 Å². The number of benzene rings is 2. The average molecular weight is 461 g/mol. The number of halogens is 3. The molecule has 0 saturated heterocycles. The molecule has 1 fully saturated rings. The van der Waals surface area contributed by atoms with E-state index in [4.69, 9.17) is 4.74 Å². The van der Waals surface area contributed by atoms with Crippen molar-refractivity contribution in [1.29, 1.82) is 0 Å². The topological polar surface area (TPSA) is 29.5 Å². The van der Waals surface area contributed by atoms with Crippen molar-refractivity contribution in [2.24, 2.45) is 5.92 Å². The molecular formula is C28H35F3O2. The number of aliphatic hydroxyl groups is 1. The van der Waals surface area contributed by atoms with Gasteiger partial charge in [-0.3, -0.25) is 0 Å². The highest BCUT2D eigenvalue weighted by atomic mass is 19.2. The van der Waals surface area contributed by atoms with Crippen LogP contribution in [0, 0.1) is 23.4 Å². The number of ether oxygens (including phenoxy) is 1. The largest absolute Gasteiger partial charge is 0.490 e. The van der Waals surface area contributed by atoms with Crippen molar-refractivity contribution in [3.8, 4) is 5.75 Å². The summed E-state index contributed by atoms with van der Waals surface area (Å²) < 4.78 is 48.9. The molecule has 1 aliphatic rings. The Hall–Kier alpha value is -2.27. The molecule has 2 aromatic rings. The lowest BCUT2D eigenvalue weighted by Gasteiger charge is -2.29. The van der Waals surface area contributed by atoms with Crippen LogP contribution in [-0.2, 0) is 6.42 Å². The zero-order chi connectivity index (χ0) is 23.8. The molecule has 1 unspecified atom stereocenters. The first-order chi connectivity index (χ1) is 15.9. The second-order valence-electron chi connectivity index (χ2n) is 9.12. The van der Waals surface area contributed by atoms with Crippen LogP contribution in [0.2, 0.25) is 0 Å². The standard InChI is InChI=1S/C28H35F3O2/c1-3-5-17-33-26-16-15-23(27(30)28(26)31)20-10-7-19(8-11-20)9-12-21-13-14-22(18-24(21)29)25(32)6-4-2/h3,13-16,18-20,25,32H,1,4-12,17H2,2H3. The van der Waals surface area contributed by atoms with E-state index in [1.54, 1.807) is 18.2 Å². The molecule has 1 N–H and O–H groups in total. The Morgan fingerprint density at radius 2 is 1.85 bits per heavy atom. The first-order valence-electron chi connectivity index (χ1n) is 12.1. The van der Waals surface area contributed by atoms with Crippen LogP contribution >= 0.6 is 0 Å². The fourth-order valence-electron chi connectivity index (χ4n) is 4.76. The molecule has 5 heteroatoms. The molecule has 0 aromatic heterocycles. The summed E-state index contributed by atoms with van der Waals surface area (Å²) in [6, 6.07) is 8.22. The number of aliphatic hydroxyl groups excluding tert-OH is 1. The van der Waals surface area contributed by atoms with Gasteiger partial charge in [-0.05, 0) is 92.0 Å². The summed E-state index contributed by atoms with van der Waals surface area (Å²) >= 11 is 0. The molecule has 2 aromatic carbocycles. The first-order valence-corrected chi connectivity index (χ1v) is 12.1. The highest BCUT2D eigenvalue weighted by Gasteiger charge is 2.27. The van der Waals surface area contributed by atoms with E-state index in [-0.39, 0.29) is 24.1 Å². The predicted octanol–water partition coefficient (Wildman–Crippen LogP) is 7.80. The summed E-state index contributed by atoms with van der Waals surface area (Å²) in [5.41, 5.74) is 1.73. The molecule has 180 valence electrons. The number of hydrogen-bond acceptors (Lipinski definition) is 2. The summed E-state index contributed by atoms with van der Waals surface area (Å²) in [6.45, 7) is 5.85. The van der Waals surface area contributed by atoms with Gasteiger partial charge in [0.1, 0.15) is 5.82 Å². The van der Waals surface area contributed by atoms with E-state index in [1.807, 2.05) is 13.0 Å². The van der Waals surface area contributed by atoms with Gasteiger partial charge in [0.25, 0.3) is 0 Å². The molecule has 0 amide bonds. The monoisotopic (exact) mass is 460 g/mol. The van der Waals surface area contributed by atoms with Crippen molar-refractivity contribution in [2.45, 2.75) is 76.7 Å². The van der Waals surface area contributed by atoms with Crippen molar-refractivity contribution >= 4 is 0 Å². The Morgan fingerprint density at radius 3 is 2.52 bits per heavy atom. The lowest BCUT2D eigenvalue weighted by atomic mass is 9.76. The van der Waals surface area contributed by atoms with Crippen LogP contribution in [0.1, 0.15) is 87.0 Å². The maximum absolute atomic E-state index is 14.7. The SMILES string of the molecule is C=CCCOc1ccc(C2CCC(CCc3ccc(C(O)CCC)cc3F)CC2)c(F)c1F. The Morgan fingerprint density at radius 1 is 1.09 bits per heavy atom. The minimum atomic E-state index is -0.915. The minimum absolute atomic E-state index is 0.00551. The van der Waals surface area contributed by atoms with Gasteiger partial charge >= 0.3 is 0 Å². The first kappa shape index (κ1) is 25.4. The molecule has 0 radical (unpaired) electrons. The molecule has 2 nitrogen and oxygen atoms in total. The fourth-order valence-corrected chi connectivity index (χ4v) is 4.76. The van der Waals surface area contributed by atoms with Crippen LogP contribution in [0.15, 0.2) is 43.0 Å². The number of aryl methyl sites for hydroxylation is 1. The fraction of sp³-hybridized carbons (Fsp3) is 0.500.